The average molecular weight is 340 g/mol. The second-order valence-corrected chi connectivity index (χ2v) is 6.65. The number of nitrogens with zero attached hydrogens (tertiary/aromatic N) is 1. The van der Waals surface area contributed by atoms with Crippen LogP contribution in [0.5, 0.6) is 5.75 Å². The van der Waals surface area contributed by atoms with Crippen molar-refractivity contribution in [3.63, 3.8) is 0 Å². The van der Waals surface area contributed by atoms with E-state index in [2.05, 4.69) is 19.2 Å². The van der Waals surface area contributed by atoms with Crippen molar-refractivity contribution < 1.29 is 9.53 Å². The van der Waals surface area contributed by atoms with Crippen LogP contribution in [0.4, 0.5) is 5.69 Å². The molecule has 0 unspecified atom stereocenters. The molecular weight excluding hydrogens is 312 g/mol. The van der Waals surface area contributed by atoms with Gasteiger partial charge < -0.3 is 15.0 Å². The molecule has 0 aliphatic carbocycles. The molecule has 1 N–H and O–H groups in total. The van der Waals surface area contributed by atoms with Gasteiger partial charge in [0.05, 0.1) is 13.2 Å². The Morgan fingerprint density at radius 3 is 2.60 bits per heavy atom. The molecular formula is C21H28N2O2. The molecule has 0 bridgehead atoms. The topological polar surface area (TPSA) is 41.6 Å². The molecule has 25 heavy (non-hydrogen) atoms. The van der Waals surface area contributed by atoms with Gasteiger partial charge in [-0.05, 0) is 30.0 Å². The number of amides is 1. The maximum atomic E-state index is 12.3. The molecule has 0 aliphatic heterocycles. The van der Waals surface area contributed by atoms with E-state index in [-0.39, 0.29) is 12.5 Å². The molecule has 4 heteroatoms. The minimum Gasteiger partial charge on any atom is -0.494 e. The molecule has 2 aromatic carbocycles. The fraction of sp³-hybridized carbons (Fsp3) is 0.381. The summed E-state index contributed by atoms with van der Waals surface area (Å²) in [4.78, 5) is 14.0. The summed E-state index contributed by atoms with van der Waals surface area (Å²) in [6.45, 7) is 5.94. The normalized spacial score (nSPS) is 10.6. The van der Waals surface area contributed by atoms with Gasteiger partial charge in [-0.1, -0.05) is 50.2 Å². The minimum atomic E-state index is 0.0509. The molecule has 0 radical (unpaired) electrons. The van der Waals surface area contributed by atoms with E-state index in [1.54, 1.807) is 4.90 Å². The van der Waals surface area contributed by atoms with Crippen LogP contribution in [0.25, 0.3) is 0 Å². The van der Waals surface area contributed by atoms with Crippen molar-refractivity contribution >= 4 is 11.6 Å². The maximum Gasteiger partial charge on any atom is 0.241 e. The molecule has 0 heterocycles. The van der Waals surface area contributed by atoms with Crippen LogP contribution >= 0.6 is 0 Å². The summed E-state index contributed by atoms with van der Waals surface area (Å²) in [6.07, 6.45) is 1.03. The fourth-order valence-electron chi connectivity index (χ4n) is 2.37. The monoisotopic (exact) mass is 340 g/mol. The lowest BCUT2D eigenvalue weighted by Gasteiger charge is -2.18. The van der Waals surface area contributed by atoms with E-state index in [1.165, 1.54) is 0 Å². The number of carbonyl (C=O) groups excluding carboxylic acids is 1. The van der Waals surface area contributed by atoms with E-state index < -0.39 is 0 Å². The highest BCUT2D eigenvalue weighted by Gasteiger charge is 2.09. The highest BCUT2D eigenvalue weighted by molar-refractivity contribution is 5.80. The summed E-state index contributed by atoms with van der Waals surface area (Å²) in [5, 5.41) is 3.18. The van der Waals surface area contributed by atoms with Gasteiger partial charge in [-0.25, -0.2) is 0 Å². The number of likely N-dealkylation sites (N-methyl/N-ethyl adjacent to an activating group) is 1. The Morgan fingerprint density at radius 2 is 1.88 bits per heavy atom. The van der Waals surface area contributed by atoms with E-state index in [0.717, 1.165) is 23.4 Å². The molecule has 0 saturated carbocycles. The van der Waals surface area contributed by atoms with Gasteiger partial charge in [0, 0.05) is 25.3 Å². The molecule has 2 rings (SSSR count). The molecule has 0 spiro atoms. The predicted molar refractivity (Wildman–Crippen MR) is 103 cm³/mol. The third-order valence-corrected chi connectivity index (χ3v) is 3.93. The first-order valence-electron chi connectivity index (χ1n) is 8.79. The Bertz CT molecular complexity index is 656. The first-order valence-corrected chi connectivity index (χ1v) is 8.79. The highest BCUT2D eigenvalue weighted by Crippen LogP contribution is 2.18. The van der Waals surface area contributed by atoms with E-state index >= 15 is 0 Å². The van der Waals surface area contributed by atoms with Crippen LogP contribution in [0.15, 0.2) is 54.6 Å². The standard InChI is InChI=1S/C21H28N2O2/c1-17(2)12-13-25-20-11-7-10-19(14-20)22-15-21(24)23(3)16-18-8-5-4-6-9-18/h4-11,14,17,22H,12-13,15-16H2,1-3H3. The Balaban J connectivity index is 1.80. The number of hydrogen-bond donors (Lipinski definition) is 1. The number of rotatable bonds is 9. The van der Waals surface area contributed by atoms with Gasteiger partial charge in [-0.15, -0.1) is 0 Å². The van der Waals surface area contributed by atoms with E-state index in [4.69, 9.17) is 4.74 Å². The van der Waals surface area contributed by atoms with Crippen LogP contribution in [0, 0.1) is 5.92 Å². The number of hydrogen-bond acceptors (Lipinski definition) is 3. The minimum absolute atomic E-state index is 0.0509. The lowest BCUT2D eigenvalue weighted by Crippen LogP contribution is -2.31. The first kappa shape index (κ1) is 18.8. The van der Waals surface area contributed by atoms with Crippen molar-refractivity contribution in [1.82, 2.24) is 4.90 Å². The zero-order chi connectivity index (χ0) is 18.1. The van der Waals surface area contributed by atoms with Crippen LogP contribution in [-0.4, -0.2) is 31.0 Å². The second-order valence-electron chi connectivity index (χ2n) is 6.65. The summed E-state index contributed by atoms with van der Waals surface area (Å²) >= 11 is 0. The third kappa shape index (κ3) is 6.87. The van der Waals surface area contributed by atoms with Gasteiger partial charge in [0.1, 0.15) is 5.75 Å². The third-order valence-electron chi connectivity index (χ3n) is 3.93. The number of nitrogens with one attached hydrogen (secondary N) is 1. The SMILES string of the molecule is CC(C)CCOc1cccc(NCC(=O)N(C)Cc2ccccc2)c1. The molecule has 0 fully saturated rings. The van der Waals surface area contributed by atoms with Crippen molar-refractivity contribution in [2.24, 2.45) is 5.92 Å². The van der Waals surface area contributed by atoms with Crippen LogP contribution in [-0.2, 0) is 11.3 Å². The van der Waals surface area contributed by atoms with Crippen molar-refractivity contribution in [2.45, 2.75) is 26.8 Å². The van der Waals surface area contributed by atoms with Crippen LogP contribution in [0.3, 0.4) is 0 Å². The Hall–Kier alpha value is -2.49. The molecule has 0 atom stereocenters. The first-order chi connectivity index (χ1) is 12.0. The van der Waals surface area contributed by atoms with Gasteiger partial charge >= 0.3 is 0 Å². The van der Waals surface area contributed by atoms with Gasteiger partial charge in [-0.3, -0.25) is 4.79 Å². The maximum absolute atomic E-state index is 12.3. The van der Waals surface area contributed by atoms with Crippen molar-refractivity contribution in [3.8, 4) is 5.75 Å². The summed E-state index contributed by atoms with van der Waals surface area (Å²) in [7, 11) is 1.82. The molecule has 1 amide bonds. The Morgan fingerprint density at radius 1 is 1.12 bits per heavy atom. The largest absolute Gasteiger partial charge is 0.494 e. The number of carbonyl (C=O) groups is 1. The van der Waals surface area contributed by atoms with Crippen LogP contribution in [0.2, 0.25) is 0 Å². The number of ether oxygens (including phenoxy) is 1. The van der Waals surface area contributed by atoms with Crippen molar-refractivity contribution in [1.29, 1.82) is 0 Å². The van der Waals surface area contributed by atoms with Gasteiger partial charge in [0.15, 0.2) is 0 Å². The molecule has 0 aliphatic rings. The van der Waals surface area contributed by atoms with Gasteiger partial charge in [-0.2, -0.15) is 0 Å². The van der Waals surface area contributed by atoms with E-state index in [9.17, 15) is 4.79 Å². The van der Waals surface area contributed by atoms with E-state index in [1.807, 2.05) is 61.6 Å². The zero-order valence-electron chi connectivity index (χ0n) is 15.4. The Kier molecular flexibility index (Phi) is 7.33. The smallest absolute Gasteiger partial charge is 0.241 e. The van der Waals surface area contributed by atoms with Gasteiger partial charge in [0.2, 0.25) is 5.91 Å². The molecule has 0 aromatic heterocycles. The van der Waals surface area contributed by atoms with Crippen LogP contribution < -0.4 is 10.1 Å². The highest BCUT2D eigenvalue weighted by atomic mass is 16.5. The van der Waals surface area contributed by atoms with Gasteiger partial charge in [0.25, 0.3) is 0 Å². The summed E-state index contributed by atoms with van der Waals surface area (Å²) in [5.41, 5.74) is 2.02. The summed E-state index contributed by atoms with van der Waals surface area (Å²) in [6, 6.07) is 17.7. The summed E-state index contributed by atoms with van der Waals surface area (Å²) in [5.74, 6) is 1.50. The molecule has 2 aromatic rings. The Labute approximate surface area is 150 Å². The molecule has 0 saturated heterocycles. The predicted octanol–water partition coefficient (Wildman–Crippen LogP) is 4.18. The molecule has 134 valence electrons. The van der Waals surface area contributed by atoms with Crippen LogP contribution in [0.1, 0.15) is 25.8 Å². The van der Waals surface area contributed by atoms with Crippen molar-refractivity contribution in [2.75, 3.05) is 25.5 Å². The number of benzene rings is 2. The molecule has 4 nitrogen and oxygen atoms in total. The lowest BCUT2D eigenvalue weighted by molar-refractivity contribution is -0.128. The lowest BCUT2D eigenvalue weighted by atomic mass is 10.1. The second kappa shape index (κ2) is 9.72. The zero-order valence-corrected chi connectivity index (χ0v) is 15.4. The number of anilines is 1. The van der Waals surface area contributed by atoms with Crippen molar-refractivity contribution in [3.05, 3.63) is 60.2 Å². The van der Waals surface area contributed by atoms with E-state index in [0.29, 0.717) is 19.1 Å². The quantitative estimate of drug-likeness (QED) is 0.744. The average Bonchev–Trinajstić information content (AvgIpc) is 2.60. The fourth-order valence-corrected chi connectivity index (χ4v) is 2.37. The summed E-state index contributed by atoms with van der Waals surface area (Å²) < 4.78 is 5.76.